The molecule has 3 nitrogen and oxygen atoms in total. The Labute approximate surface area is 153 Å². The van der Waals surface area contributed by atoms with Gasteiger partial charge in [0.1, 0.15) is 0 Å². The van der Waals surface area contributed by atoms with E-state index < -0.39 is 24.7 Å². The van der Waals surface area contributed by atoms with Crippen LogP contribution in [-0.4, -0.2) is 53.9 Å². The molecule has 0 spiro atoms. The van der Waals surface area contributed by atoms with E-state index in [0.29, 0.717) is 6.42 Å². The minimum atomic E-state index is -2.61. The zero-order valence-electron chi connectivity index (χ0n) is 16.6. The molecule has 0 radical (unpaired) electrons. The van der Waals surface area contributed by atoms with Gasteiger partial charge in [-0.05, 0) is 20.5 Å². The van der Waals surface area contributed by atoms with Gasteiger partial charge in [-0.25, -0.2) is 8.78 Å². The van der Waals surface area contributed by atoms with Gasteiger partial charge in [0.2, 0.25) is 0 Å². The topological polar surface area (TPSA) is 43.7 Å². The molecule has 0 heterocycles. The molecule has 152 valence electrons. The van der Waals surface area contributed by atoms with Crippen LogP contribution in [0.4, 0.5) is 8.78 Å². The molecule has 3 unspecified atom stereocenters. The van der Waals surface area contributed by atoms with Crippen molar-refractivity contribution in [3.8, 4) is 0 Å². The maximum atomic E-state index is 12.9. The molecular formula is C20H41F2NO2. The van der Waals surface area contributed by atoms with Gasteiger partial charge in [-0.2, -0.15) is 0 Å². The fourth-order valence-corrected chi connectivity index (χ4v) is 3.32. The summed E-state index contributed by atoms with van der Waals surface area (Å²) < 4.78 is 25.8. The molecule has 0 aliphatic heterocycles. The molecule has 5 heteroatoms. The van der Waals surface area contributed by atoms with Crippen molar-refractivity contribution in [3.05, 3.63) is 0 Å². The average molecular weight is 366 g/mol. The van der Waals surface area contributed by atoms with Gasteiger partial charge < -0.3 is 10.2 Å². The molecule has 25 heavy (non-hydrogen) atoms. The van der Waals surface area contributed by atoms with Crippen LogP contribution in [0.3, 0.4) is 0 Å². The van der Waals surface area contributed by atoms with E-state index in [1.165, 1.54) is 76.8 Å². The second-order valence-corrected chi connectivity index (χ2v) is 7.57. The Morgan fingerprint density at radius 1 is 0.760 bits per heavy atom. The molecule has 0 saturated carbocycles. The zero-order chi connectivity index (χ0) is 19.1. The average Bonchev–Trinajstić information content (AvgIpc) is 2.51. The van der Waals surface area contributed by atoms with Crippen molar-refractivity contribution in [2.45, 2.75) is 115 Å². The minimum absolute atomic E-state index is 0.0188. The summed E-state index contributed by atoms with van der Waals surface area (Å²) in [5.74, 6) is 0. The highest BCUT2D eigenvalue weighted by molar-refractivity contribution is 4.80. The van der Waals surface area contributed by atoms with Crippen molar-refractivity contribution >= 4 is 0 Å². The molecule has 0 bridgehead atoms. The number of aliphatic hydroxyl groups excluding tert-OH is 2. The first kappa shape index (κ1) is 24.7. The minimum Gasteiger partial charge on any atom is -0.393 e. The van der Waals surface area contributed by atoms with Crippen LogP contribution in [-0.2, 0) is 0 Å². The standard InChI is InChI=1S/C20H41F2NO2/c1-4-5-6-7-8-9-10-11-12-13-14-15-17(24)16-18(25)19(20(21)22)23(2)3/h17-20,24-25H,4-16H2,1-3H3. The number of nitrogens with zero attached hydrogens (tertiary/aromatic N) is 1. The normalized spacial score (nSPS) is 15.7. The first-order chi connectivity index (χ1) is 11.9. The molecule has 0 amide bonds. The lowest BCUT2D eigenvalue weighted by Crippen LogP contribution is -2.45. The third-order valence-corrected chi connectivity index (χ3v) is 4.90. The predicted octanol–water partition coefficient (Wildman–Crippen LogP) is 4.99. The van der Waals surface area contributed by atoms with E-state index in [4.69, 9.17) is 0 Å². The van der Waals surface area contributed by atoms with Gasteiger partial charge in [-0.15, -0.1) is 0 Å². The lowest BCUT2D eigenvalue weighted by Gasteiger charge is -2.29. The molecule has 0 aromatic carbocycles. The number of likely N-dealkylation sites (N-methyl/N-ethyl adjacent to an activating group) is 1. The Morgan fingerprint density at radius 2 is 1.20 bits per heavy atom. The largest absolute Gasteiger partial charge is 0.393 e. The second-order valence-electron chi connectivity index (χ2n) is 7.57. The van der Waals surface area contributed by atoms with Crippen molar-refractivity contribution in [1.29, 1.82) is 0 Å². The third-order valence-electron chi connectivity index (χ3n) is 4.90. The summed E-state index contributed by atoms with van der Waals surface area (Å²) >= 11 is 0. The van der Waals surface area contributed by atoms with Gasteiger partial charge in [0.15, 0.2) is 0 Å². The molecule has 0 fully saturated rings. The van der Waals surface area contributed by atoms with Crippen molar-refractivity contribution in [3.63, 3.8) is 0 Å². The molecule has 0 saturated heterocycles. The molecule has 0 aromatic heterocycles. The van der Waals surface area contributed by atoms with Crippen molar-refractivity contribution < 1.29 is 19.0 Å². The highest BCUT2D eigenvalue weighted by Crippen LogP contribution is 2.18. The third kappa shape index (κ3) is 13.6. The van der Waals surface area contributed by atoms with Crippen LogP contribution in [0.1, 0.15) is 90.4 Å². The maximum absolute atomic E-state index is 12.9. The summed E-state index contributed by atoms with van der Waals surface area (Å²) in [6.45, 7) is 2.23. The lowest BCUT2D eigenvalue weighted by molar-refractivity contribution is -0.0451. The Kier molecular flexibility index (Phi) is 15.8. The van der Waals surface area contributed by atoms with Crippen molar-refractivity contribution in [2.75, 3.05) is 14.1 Å². The zero-order valence-corrected chi connectivity index (χ0v) is 16.6. The molecule has 2 N–H and O–H groups in total. The van der Waals surface area contributed by atoms with Crippen LogP contribution in [0, 0.1) is 0 Å². The molecule has 0 rings (SSSR count). The summed E-state index contributed by atoms with van der Waals surface area (Å²) in [6, 6.07) is -1.22. The van der Waals surface area contributed by atoms with Crippen molar-refractivity contribution in [2.24, 2.45) is 0 Å². The molecule has 3 atom stereocenters. The Balaban J connectivity index is 3.59. The summed E-state index contributed by atoms with van der Waals surface area (Å²) in [5.41, 5.74) is 0. The van der Waals surface area contributed by atoms with E-state index in [0.717, 1.165) is 12.8 Å². The van der Waals surface area contributed by atoms with Crippen molar-refractivity contribution in [1.82, 2.24) is 4.90 Å². The van der Waals surface area contributed by atoms with E-state index in [-0.39, 0.29) is 6.42 Å². The van der Waals surface area contributed by atoms with Crippen LogP contribution in [0.2, 0.25) is 0 Å². The molecular weight excluding hydrogens is 324 g/mol. The van der Waals surface area contributed by atoms with E-state index in [9.17, 15) is 19.0 Å². The summed E-state index contributed by atoms with van der Waals surface area (Å²) in [6.07, 6.45) is 9.76. The SMILES string of the molecule is CCCCCCCCCCCCCC(O)CC(O)C(C(F)F)N(C)C. The highest BCUT2D eigenvalue weighted by atomic mass is 19.3. The van der Waals surface area contributed by atoms with Gasteiger partial charge in [-0.1, -0.05) is 77.6 Å². The fourth-order valence-electron chi connectivity index (χ4n) is 3.32. The van der Waals surface area contributed by atoms with E-state index in [1.54, 1.807) is 0 Å². The first-order valence-electron chi connectivity index (χ1n) is 10.2. The number of halogens is 2. The quantitative estimate of drug-likeness (QED) is 0.357. The monoisotopic (exact) mass is 365 g/mol. The van der Waals surface area contributed by atoms with Crippen LogP contribution in [0.15, 0.2) is 0 Å². The smallest absolute Gasteiger partial charge is 0.256 e. The number of rotatable bonds is 17. The number of hydrogen-bond donors (Lipinski definition) is 2. The van der Waals surface area contributed by atoms with Gasteiger partial charge in [0, 0.05) is 6.42 Å². The number of hydrogen-bond acceptors (Lipinski definition) is 3. The van der Waals surface area contributed by atoms with E-state index in [1.807, 2.05) is 0 Å². The van der Waals surface area contributed by atoms with Gasteiger partial charge in [0.25, 0.3) is 6.43 Å². The van der Waals surface area contributed by atoms with Crippen LogP contribution in [0.25, 0.3) is 0 Å². The summed E-state index contributed by atoms with van der Waals surface area (Å²) in [7, 11) is 3.05. The number of aliphatic hydroxyl groups is 2. The molecule has 0 aliphatic rings. The van der Waals surface area contributed by atoms with Gasteiger partial charge >= 0.3 is 0 Å². The van der Waals surface area contributed by atoms with Crippen LogP contribution >= 0.6 is 0 Å². The van der Waals surface area contributed by atoms with Crippen LogP contribution in [0.5, 0.6) is 0 Å². The summed E-state index contributed by atoms with van der Waals surface area (Å²) in [4.78, 5) is 1.32. The van der Waals surface area contributed by atoms with Gasteiger partial charge in [-0.3, -0.25) is 4.90 Å². The highest BCUT2D eigenvalue weighted by Gasteiger charge is 2.31. The fraction of sp³-hybridized carbons (Fsp3) is 1.00. The molecule has 0 aromatic rings. The predicted molar refractivity (Wildman–Crippen MR) is 101 cm³/mol. The van der Waals surface area contributed by atoms with Crippen LogP contribution < -0.4 is 0 Å². The first-order valence-corrected chi connectivity index (χ1v) is 10.2. The lowest BCUT2D eigenvalue weighted by atomic mass is 9.99. The molecule has 0 aliphatic carbocycles. The van der Waals surface area contributed by atoms with Gasteiger partial charge in [0.05, 0.1) is 18.2 Å². The maximum Gasteiger partial charge on any atom is 0.256 e. The Bertz CT molecular complexity index is 283. The number of alkyl halides is 2. The second kappa shape index (κ2) is 16.0. The van der Waals surface area contributed by atoms with E-state index in [2.05, 4.69) is 6.92 Å². The summed E-state index contributed by atoms with van der Waals surface area (Å²) in [5, 5.41) is 19.9. The van der Waals surface area contributed by atoms with E-state index >= 15 is 0 Å². The Morgan fingerprint density at radius 3 is 1.60 bits per heavy atom. The number of unbranched alkanes of at least 4 members (excludes halogenated alkanes) is 10. The Hall–Kier alpha value is -0.260.